The van der Waals surface area contributed by atoms with Crippen molar-refractivity contribution in [3.8, 4) is 0 Å². The number of rotatable bonds is 4. The van der Waals surface area contributed by atoms with Gasteiger partial charge < -0.3 is 0 Å². The minimum atomic E-state index is -0.548. The van der Waals surface area contributed by atoms with Gasteiger partial charge in [-0.05, 0) is 47.0 Å². The van der Waals surface area contributed by atoms with E-state index in [1.807, 2.05) is 48.5 Å². The zero-order valence-corrected chi connectivity index (χ0v) is 15.9. The minimum Gasteiger partial charge on any atom is -0.291 e. The van der Waals surface area contributed by atoms with Crippen molar-refractivity contribution in [2.45, 2.75) is 12.0 Å². The van der Waals surface area contributed by atoms with Gasteiger partial charge in [0.2, 0.25) is 0 Å². The summed E-state index contributed by atoms with van der Waals surface area (Å²) in [5, 5.41) is 1.37. The second-order valence-electron chi connectivity index (χ2n) is 6.82. The Hall–Kier alpha value is -1.94. The van der Waals surface area contributed by atoms with Crippen molar-refractivity contribution in [2.75, 3.05) is 13.1 Å². The van der Waals surface area contributed by atoms with E-state index >= 15 is 0 Å². The van der Waals surface area contributed by atoms with E-state index in [9.17, 15) is 8.78 Å². The quantitative estimate of drug-likeness (QED) is 0.482. The van der Waals surface area contributed by atoms with E-state index in [1.54, 1.807) is 6.07 Å². The van der Waals surface area contributed by atoms with Crippen molar-refractivity contribution in [3.05, 3.63) is 105 Å². The number of halogens is 4. The molecule has 27 heavy (non-hydrogen) atoms. The minimum absolute atomic E-state index is 0.0271. The van der Waals surface area contributed by atoms with Gasteiger partial charge in [0.25, 0.3) is 0 Å². The average Bonchev–Trinajstić information content (AvgIpc) is 2.61. The highest BCUT2D eigenvalue weighted by Crippen LogP contribution is 2.39. The summed E-state index contributed by atoms with van der Waals surface area (Å²) >= 11 is 12.1. The van der Waals surface area contributed by atoms with Crippen molar-refractivity contribution in [1.29, 1.82) is 0 Å². The standard InChI is InChI=1S/C22H17Cl2F2N/c23-17-5-1-14(2-6-17)22(15-3-7-18(24)8-4-15)27-12-16(13-27)20-10-9-19(25)11-21(20)26/h1-11,16,22H,12-13H2. The van der Waals surface area contributed by atoms with Crippen molar-refractivity contribution >= 4 is 23.2 Å². The van der Waals surface area contributed by atoms with Gasteiger partial charge in [0, 0.05) is 35.1 Å². The van der Waals surface area contributed by atoms with E-state index in [-0.39, 0.29) is 12.0 Å². The lowest BCUT2D eigenvalue weighted by Crippen LogP contribution is -2.47. The molecule has 4 rings (SSSR count). The van der Waals surface area contributed by atoms with Crippen molar-refractivity contribution in [2.24, 2.45) is 0 Å². The Morgan fingerprint density at radius 3 is 1.78 bits per heavy atom. The first kappa shape index (κ1) is 18.4. The van der Waals surface area contributed by atoms with Crippen LogP contribution in [-0.2, 0) is 0 Å². The van der Waals surface area contributed by atoms with Gasteiger partial charge in [-0.1, -0.05) is 53.5 Å². The van der Waals surface area contributed by atoms with Crippen molar-refractivity contribution in [3.63, 3.8) is 0 Å². The average molecular weight is 404 g/mol. The topological polar surface area (TPSA) is 3.24 Å². The molecule has 0 amide bonds. The van der Waals surface area contributed by atoms with Crippen LogP contribution in [0, 0.1) is 11.6 Å². The van der Waals surface area contributed by atoms with Crippen LogP contribution < -0.4 is 0 Å². The monoisotopic (exact) mass is 403 g/mol. The van der Waals surface area contributed by atoms with Crippen LogP contribution in [0.3, 0.4) is 0 Å². The molecule has 0 bridgehead atoms. The Balaban J connectivity index is 1.60. The van der Waals surface area contributed by atoms with Crippen LogP contribution in [0.2, 0.25) is 10.0 Å². The fraction of sp³-hybridized carbons (Fsp3) is 0.182. The summed E-state index contributed by atoms with van der Waals surface area (Å²) in [6, 6.07) is 19.4. The van der Waals surface area contributed by atoms with Crippen LogP contribution in [0.5, 0.6) is 0 Å². The molecule has 1 saturated heterocycles. The van der Waals surface area contributed by atoms with Gasteiger partial charge in [0.15, 0.2) is 0 Å². The van der Waals surface area contributed by atoms with Gasteiger partial charge >= 0.3 is 0 Å². The van der Waals surface area contributed by atoms with Crippen molar-refractivity contribution in [1.82, 2.24) is 4.90 Å². The Kier molecular flexibility index (Phi) is 5.18. The molecule has 138 valence electrons. The third-order valence-electron chi connectivity index (χ3n) is 5.05. The van der Waals surface area contributed by atoms with Crippen LogP contribution in [0.25, 0.3) is 0 Å². The summed E-state index contributed by atoms with van der Waals surface area (Å²) in [6.45, 7) is 1.39. The number of nitrogens with zero attached hydrogens (tertiary/aromatic N) is 1. The fourth-order valence-electron chi connectivity index (χ4n) is 3.66. The third kappa shape index (κ3) is 3.86. The molecule has 3 aromatic rings. The maximum absolute atomic E-state index is 14.1. The highest BCUT2D eigenvalue weighted by molar-refractivity contribution is 6.30. The molecule has 3 aromatic carbocycles. The summed E-state index contributed by atoms with van der Waals surface area (Å²) < 4.78 is 27.3. The lowest BCUT2D eigenvalue weighted by atomic mass is 9.86. The van der Waals surface area contributed by atoms with Crippen molar-refractivity contribution < 1.29 is 8.78 Å². The molecular formula is C22H17Cl2F2N. The molecule has 0 unspecified atom stereocenters. The Labute approximate surface area is 167 Å². The van der Waals surface area contributed by atoms with E-state index in [0.29, 0.717) is 28.7 Å². The first-order chi connectivity index (χ1) is 13.0. The third-order valence-corrected chi connectivity index (χ3v) is 5.55. The normalized spacial score (nSPS) is 15.1. The summed E-state index contributed by atoms with van der Waals surface area (Å²) in [5.74, 6) is -0.977. The van der Waals surface area contributed by atoms with Crippen LogP contribution in [-0.4, -0.2) is 18.0 Å². The van der Waals surface area contributed by atoms with E-state index in [0.717, 1.165) is 17.2 Å². The van der Waals surface area contributed by atoms with Gasteiger partial charge in [-0.15, -0.1) is 0 Å². The molecule has 1 aliphatic rings. The molecule has 0 aromatic heterocycles. The maximum Gasteiger partial charge on any atom is 0.129 e. The first-order valence-electron chi connectivity index (χ1n) is 8.71. The second-order valence-corrected chi connectivity index (χ2v) is 7.70. The largest absolute Gasteiger partial charge is 0.291 e. The van der Waals surface area contributed by atoms with E-state index in [1.165, 1.54) is 6.07 Å². The lowest BCUT2D eigenvalue weighted by Gasteiger charge is -2.45. The molecule has 0 saturated carbocycles. The molecule has 5 heteroatoms. The molecule has 1 fully saturated rings. The molecular weight excluding hydrogens is 387 g/mol. The molecule has 1 nitrogen and oxygen atoms in total. The Morgan fingerprint density at radius 1 is 0.778 bits per heavy atom. The van der Waals surface area contributed by atoms with E-state index < -0.39 is 11.6 Å². The number of hydrogen-bond acceptors (Lipinski definition) is 1. The summed E-state index contributed by atoms with van der Waals surface area (Å²) in [5.41, 5.74) is 2.79. The highest BCUT2D eigenvalue weighted by Gasteiger charge is 2.36. The van der Waals surface area contributed by atoms with Gasteiger partial charge in [0.1, 0.15) is 11.6 Å². The summed E-state index contributed by atoms with van der Waals surface area (Å²) in [7, 11) is 0. The number of hydrogen-bond donors (Lipinski definition) is 0. The number of benzene rings is 3. The molecule has 0 N–H and O–H groups in total. The molecule has 0 spiro atoms. The highest BCUT2D eigenvalue weighted by atomic mass is 35.5. The predicted octanol–water partition coefficient (Wildman–Crippen LogP) is 6.46. The molecule has 0 atom stereocenters. The Morgan fingerprint density at radius 2 is 1.30 bits per heavy atom. The van der Waals surface area contributed by atoms with Gasteiger partial charge in [-0.25, -0.2) is 8.78 Å². The summed E-state index contributed by atoms with van der Waals surface area (Å²) in [4.78, 5) is 2.28. The van der Waals surface area contributed by atoms with Crippen LogP contribution in [0.4, 0.5) is 8.78 Å². The van der Waals surface area contributed by atoms with Crippen LogP contribution in [0.15, 0.2) is 66.7 Å². The Bertz CT molecular complexity index is 890. The van der Waals surface area contributed by atoms with Gasteiger partial charge in [-0.2, -0.15) is 0 Å². The summed E-state index contributed by atoms with van der Waals surface area (Å²) in [6.07, 6.45) is 0. The molecule has 1 aliphatic heterocycles. The maximum atomic E-state index is 14.1. The van der Waals surface area contributed by atoms with Crippen LogP contribution >= 0.6 is 23.2 Å². The molecule has 0 radical (unpaired) electrons. The van der Waals surface area contributed by atoms with Crippen LogP contribution in [0.1, 0.15) is 28.7 Å². The zero-order chi connectivity index (χ0) is 19.0. The molecule has 1 heterocycles. The first-order valence-corrected chi connectivity index (χ1v) is 9.47. The van der Waals surface area contributed by atoms with E-state index in [4.69, 9.17) is 23.2 Å². The smallest absolute Gasteiger partial charge is 0.129 e. The van der Waals surface area contributed by atoms with Gasteiger partial charge in [-0.3, -0.25) is 4.90 Å². The van der Waals surface area contributed by atoms with Gasteiger partial charge in [0.05, 0.1) is 6.04 Å². The SMILES string of the molecule is Fc1ccc(C2CN(C(c3ccc(Cl)cc3)c3ccc(Cl)cc3)C2)c(F)c1. The second kappa shape index (κ2) is 7.59. The zero-order valence-electron chi connectivity index (χ0n) is 14.4. The predicted molar refractivity (Wildman–Crippen MR) is 105 cm³/mol. The number of likely N-dealkylation sites (tertiary alicyclic amines) is 1. The molecule has 0 aliphatic carbocycles. The van der Waals surface area contributed by atoms with E-state index in [2.05, 4.69) is 4.90 Å². The lowest BCUT2D eigenvalue weighted by molar-refractivity contribution is 0.109. The fourth-order valence-corrected chi connectivity index (χ4v) is 3.91.